The molecule has 0 radical (unpaired) electrons. The van der Waals surface area contributed by atoms with Crippen LogP contribution in [0.15, 0.2) is 12.3 Å². The van der Waals surface area contributed by atoms with E-state index in [1.54, 1.807) is 0 Å². The maximum Gasteiger partial charge on any atom is 0.0817 e. The molecule has 0 aliphatic carbocycles. The maximum absolute atomic E-state index is 3.80. The van der Waals surface area contributed by atoms with Gasteiger partial charge in [-0.25, -0.2) is 0 Å². The van der Waals surface area contributed by atoms with Gasteiger partial charge < -0.3 is 10.6 Å². The number of hydrogen-bond acceptors (Lipinski definition) is 2. The molecule has 0 spiro atoms. The van der Waals surface area contributed by atoms with Crippen molar-refractivity contribution in [1.82, 2.24) is 10.6 Å². The van der Waals surface area contributed by atoms with Crippen molar-refractivity contribution in [2.24, 2.45) is 0 Å². The molecule has 0 aromatic heterocycles. The van der Waals surface area contributed by atoms with E-state index in [4.69, 9.17) is 0 Å². The Hall–Kier alpha value is -0.123. The Morgan fingerprint density at radius 1 is 1.25 bits per heavy atom. The fraction of sp³-hybridized carbons (Fsp3) is 0.778. The van der Waals surface area contributed by atoms with Crippen LogP contribution >= 0.6 is 0 Å². The minimum atomic E-state index is -0.163. The van der Waals surface area contributed by atoms with Gasteiger partial charge in [0.2, 0.25) is 0 Å². The van der Waals surface area contributed by atoms with Gasteiger partial charge in [0.05, 0.1) is 9.52 Å². The van der Waals surface area contributed by atoms with Crippen molar-refractivity contribution in [3.63, 3.8) is 0 Å². The summed E-state index contributed by atoms with van der Waals surface area (Å²) in [4.78, 5) is 0. The average Bonchev–Trinajstić information content (AvgIpc) is 2.10. The summed E-state index contributed by atoms with van der Waals surface area (Å²) >= 11 is 0. The van der Waals surface area contributed by atoms with Crippen LogP contribution in [0.1, 0.15) is 26.7 Å². The first-order valence-electron chi connectivity index (χ1n) is 4.92. The minimum absolute atomic E-state index is 0.163. The van der Waals surface area contributed by atoms with E-state index in [0.29, 0.717) is 5.79 Å². The lowest BCUT2D eigenvalue weighted by Gasteiger charge is -2.17. The molecule has 0 fully saturated rings. The first-order valence-corrected chi connectivity index (χ1v) is 6.56. The van der Waals surface area contributed by atoms with Crippen LogP contribution in [0.3, 0.4) is 0 Å². The Balaban J connectivity index is 3.46. The first kappa shape index (κ1) is 11.9. The molecule has 0 amide bonds. The van der Waals surface area contributed by atoms with Gasteiger partial charge in [-0.15, -0.1) is 12.3 Å². The summed E-state index contributed by atoms with van der Waals surface area (Å²) in [5, 5.41) is 6.97. The summed E-state index contributed by atoms with van der Waals surface area (Å²) in [5.41, 5.74) is 2.09. The molecule has 0 atom stereocenters. The largest absolute Gasteiger partial charge is 0.305 e. The summed E-state index contributed by atoms with van der Waals surface area (Å²) in [6, 6.07) is 0. The molecule has 0 rings (SSSR count). The molecule has 0 bridgehead atoms. The molecular weight excluding hydrogens is 164 g/mol. The highest BCUT2D eigenvalue weighted by Gasteiger charge is 2.02. The Morgan fingerprint density at radius 3 is 2.08 bits per heavy atom. The van der Waals surface area contributed by atoms with E-state index in [0.717, 1.165) is 13.1 Å². The Labute approximate surface area is 78.6 Å². The van der Waals surface area contributed by atoms with Crippen LogP contribution in [0.4, 0.5) is 0 Å². The standard InChI is InChI=1S/C9H22N2Si/c1-4-7-10-9(12-6-3)11-8-5-2/h6,9-11H,3-5,7-8,12H2,1-2H3. The molecule has 2 N–H and O–H groups in total. The van der Waals surface area contributed by atoms with Gasteiger partial charge in [-0.05, 0) is 25.9 Å². The average molecular weight is 186 g/mol. The van der Waals surface area contributed by atoms with E-state index < -0.39 is 0 Å². The van der Waals surface area contributed by atoms with Crippen molar-refractivity contribution in [2.75, 3.05) is 13.1 Å². The van der Waals surface area contributed by atoms with Crippen molar-refractivity contribution in [3.05, 3.63) is 12.3 Å². The highest BCUT2D eigenvalue weighted by molar-refractivity contribution is 6.43. The van der Waals surface area contributed by atoms with Gasteiger partial charge in [0.15, 0.2) is 0 Å². The highest BCUT2D eigenvalue weighted by Crippen LogP contribution is 1.80. The van der Waals surface area contributed by atoms with E-state index in [1.807, 2.05) is 0 Å². The number of hydrogen-bond donors (Lipinski definition) is 2. The lowest BCUT2D eigenvalue weighted by Crippen LogP contribution is -2.46. The molecule has 0 saturated heterocycles. The normalized spacial score (nSPS) is 11.6. The van der Waals surface area contributed by atoms with Gasteiger partial charge in [-0.3, -0.25) is 0 Å². The zero-order valence-corrected chi connectivity index (χ0v) is 9.81. The monoisotopic (exact) mass is 186 g/mol. The van der Waals surface area contributed by atoms with Crippen LogP contribution in [-0.4, -0.2) is 28.4 Å². The summed E-state index contributed by atoms with van der Waals surface area (Å²) in [6.07, 6.45) is 2.41. The molecule has 0 aromatic carbocycles. The number of rotatable bonds is 8. The van der Waals surface area contributed by atoms with Crippen molar-refractivity contribution < 1.29 is 0 Å². The van der Waals surface area contributed by atoms with Gasteiger partial charge in [0.25, 0.3) is 0 Å². The van der Waals surface area contributed by atoms with Gasteiger partial charge in [-0.1, -0.05) is 13.8 Å². The van der Waals surface area contributed by atoms with E-state index in [1.165, 1.54) is 12.8 Å². The summed E-state index contributed by atoms with van der Waals surface area (Å²) in [5.74, 6) is 0.558. The minimum Gasteiger partial charge on any atom is -0.305 e. The fourth-order valence-corrected chi connectivity index (χ4v) is 2.12. The second-order valence-electron chi connectivity index (χ2n) is 2.99. The van der Waals surface area contributed by atoms with Crippen LogP contribution in [0, 0.1) is 0 Å². The molecule has 72 valence electrons. The van der Waals surface area contributed by atoms with E-state index in [-0.39, 0.29) is 9.52 Å². The molecule has 0 unspecified atom stereocenters. The Bertz CT molecular complexity index is 98.7. The van der Waals surface area contributed by atoms with Crippen LogP contribution in [0.2, 0.25) is 0 Å². The predicted molar refractivity (Wildman–Crippen MR) is 59.1 cm³/mol. The van der Waals surface area contributed by atoms with E-state index in [2.05, 4.69) is 36.8 Å². The van der Waals surface area contributed by atoms with Crippen LogP contribution in [0.25, 0.3) is 0 Å². The third-order valence-electron chi connectivity index (χ3n) is 1.68. The van der Waals surface area contributed by atoms with E-state index >= 15 is 0 Å². The molecule has 0 saturated carbocycles. The van der Waals surface area contributed by atoms with Gasteiger partial charge in [-0.2, -0.15) is 0 Å². The van der Waals surface area contributed by atoms with Gasteiger partial charge >= 0.3 is 0 Å². The second-order valence-corrected chi connectivity index (χ2v) is 4.85. The first-order chi connectivity index (χ1) is 5.85. The zero-order chi connectivity index (χ0) is 9.23. The molecule has 0 heterocycles. The van der Waals surface area contributed by atoms with Crippen molar-refractivity contribution in [2.45, 2.75) is 32.5 Å². The lowest BCUT2D eigenvalue weighted by molar-refractivity contribution is 0.527. The smallest absolute Gasteiger partial charge is 0.0817 e. The van der Waals surface area contributed by atoms with E-state index in [9.17, 15) is 0 Å². The third-order valence-corrected chi connectivity index (χ3v) is 3.07. The van der Waals surface area contributed by atoms with Gasteiger partial charge in [0.1, 0.15) is 0 Å². The van der Waals surface area contributed by atoms with Crippen molar-refractivity contribution >= 4 is 9.52 Å². The summed E-state index contributed by atoms with van der Waals surface area (Å²) in [7, 11) is -0.163. The lowest BCUT2D eigenvalue weighted by atomic mass is 10.5. The Kier molecular flexibility index (Phi) is 8.88. The zero-order valence-electron chi connectivity index (χ0n) is 8.40. The molecular formula is C9H22N2Si. The summed E-state index contributed by atoms with van der Waals surface area (Å²) in [6.45, 7) is 10.4. The maximum atomic E-state index is 3.80. The topological polar surface area (TPSA) is 24.1 Å². The molecule has 3 heteroatoms. The fourth-order valence-electron chi connectivity index (χ4n) is 1.04. The van der Waals surface area contributed by atoms with Gasteiger partial charge in [0, 0.05) is 5.79 Å². The molecule has 12 heavy (non-hydrogen) atoms. The third kappa shape index (κ3) is 6.58. The van der Waals surface area contributed by atoms with Crippen LogP contribution < -0.4 is 10.6 Å². The Morgan fingerprint density at radius 2 is 1.75 bits per heavy atom. The number of nitrogens with one attached hydrogen (secondary N) is 2. The quantitative estimate of drug-likeness (QED) is 0.428. The van der Waals surface area contributed by atoms with Crippen molar-refractivity contribution in [3.8, 4) is 0 Å². The van der Waals surface area contributed by atoms with Crippen molar-refractivity contribution in [1.29, 1.82) is 0 Å². The molecule has 2 nitrogen and oxygen atoms in total. The SMILES string of the molecule is C=C[SiH2]C(NCCC)NCCC. The molecule has 0 aromatic rings. The predicted octanol–water partition coefficient (Wildman–Crippen LogP) is 0.581. The van der Waals surface area contributed by atoms with Crippen LogP contribution in [0.5, 0.6) is 0 Å². The molecule has 0 aliphatic heterocycles. The molecule has 0 aliphatic rings. The van der Waals surface area contributed by atoms with Crippen LogP contribution in [-0.2, 0) is 0 Å². The summed E-state index contributed by atoms with van der Waals surface area (Å²) < 4.78 is 0. The highest BCUT2D eigenvalue weighted by atomic mass is 28.2. The second kappa shape index (κ2) is 8.97.